The minimum Gasteiger partial charge on any atom is -0.431 e. The lowest BCUT2D eigenvalue weighted by molar-refractivity contribution is -0.131. The Morgan fingerprint density at radius 1 is 1.46 bits per heavy atom. The molecule has 1 fully saturated rings. The number of nitrogens with zero attached hydrogens (tertiary/aromatic N) is 3. The van der Waals surface area contributed by atoms with Crippen molar-refractivity contribution in [1.82, 2.24) is 9.88 Å². The van der Waals surface area contributed by atoms with E-state index < -0.39 is 5.54 Å². The third kappa shape index (κ3) is 3.38. The Bertz CT molecular complexity index is 793. The molecule has 1 heterocycles. The van der Waals surface area contributed by atoms with E-state index in [1.165, 1.54) is 11.8 Å². The maximum Gasteiger partial charge on any atom is 0.257 e. The zero-order valence-corrected chi connectivity index (χ0v) is 15.0. The van der Waals surface area contributed by atoms with Crippen LogP contribution in [0.2, 0.25) is 5.02 Å². The summed E-state index contributed by atoms with van der Waals surface area (Å²) in [6.45, 7) is 0. The van der Waals surface area contributed by atoms with E-state index in [9.17, 15) is 10.1 Å². The van der Waals surface area contributed by atoms with E-state index in [4.69, 9.17) is 16.0 Å². The van der Waals surface area contributed by atoms with Gasteiger partial charge in [0.05, 0.1) is 11.8 Å². The molecule has 1 amide bonds. The van der Waals surface area contributed by atoms with E-state index in [0.29, 0.717) is 21.3 Å². The molecule has 3 rings (SSSR count). The van der Waals surface area contributed by atoms with E-state index in [2.05, 4.69) is 11.1 Å². The molecular formula is C17H18ClN3O2S. The number of thioether (sulfide) groups is 1. The third-order valence-electron chi connectivity index (χ3n) is 4.55. The quantitative estimate of drug-likeness (QED) is 0.759. The van der Waals surface area contributed by atoms with Gasteiger partial charge in [-0.2, -0.15) is 5.26 Å². The molecule has 1 aliphatic carbocycles. The highest BCUT2D eigenvalue weighted by Crippen LogP contribution is 2.33. The van der Waals surface area contributed by atoms with E-state index in [-0.39, 0.29) is 11.7 Å². The summed E-state index contributed by atoms with van der Waals surface area (Å²) >= 11 is 7.17. The van der Waals surface area contributed by atoms with Crippen molar-refractivity contribution in [3.8, 4) is 6.07 Å². The Balaban J connectivity index is 1.66. The topological polar surface area (TPSA) is 70.1 Å². The van der Waals surface area contributed by atoms with Crippen LogP contribution in [0.1, 0.15) is 32.1 Å². The third-order valence-corrected chi connectivity index (χ3v) is 5.60. The van der Waals surface area contributed by atoms with Gasteiger partial charge in [-0.15, -0.1) is 0 Å². The molecule has 0 atom stereocenters. The minimum absolute atomic E-state index is 0.0799. The molecule has 0 bridgehead atoms. The second kappa shape index (κ2) is 7.04. The predicted octanol–water partition coefficient (Wildman–Crippen LogP) is 4.26. The second-order valence-corrected chi connectivity index (χ2v) is 7.40. The first-order valence-corrected chi connectivity index (χ1v) is 9.27. The van der Waals surface area contributed by atoms with Crippen LogP contribution in [0.25, 0.3) is 11.1 Å². The first-order chi connectivity index (χ1) is 11.5. The average molecular weight is 364 g/mol. The molecule has 0 aliphatic heterocycles. The molecule has 1 saturated carbocycles. The van der Waals surface area contributed by atoms with Gasteiger partial charge in [-0.25, -0.2) is 4.98 Å². The number of carbonyl (C=O) groups is 1. The standard InChI is InChI=1S/C17H18ClN3O2S/c1-21(17(11-19)7-3-2-4-8-17)15(22)10-24-16-20-13-9-12(18)5-6-14(13)23-16/h5-6,9H,2-4,7-8,10H2,1H3. The van der Waals surface area contributed by atoms with Crippen molar-refractivity contribution in [2.75, 3.05) is 12.8 Å². The number of carbonyl (C=O) groups excluding carboxylic acids is 1. The van der Waals surface area contributed by atoms with Crippen molar-refractivity contribution in [1.29, 1.82) is 5.26 Å². The van der Waals surface area contributed by atoms with Crippen LogP contribution >= 0.6 is 23.4 Å². The van der Waals surface area contributed by atoms with Gasteiger partial charge in [-0.3, -0.25) is 4.79 Å². The number of aromatic nitrogens is 1. The van der Waals surface area contributed by atoms with Crippen LogP contribution in [-0.2, 0) is 4.79 Å². The van der Waals surface area contributed by atoms with Crippen LogP contribution < -0.4 is 0 Å². The largest absolute Gasteiger partial charge is 0.431 e. The molecular weight excluding hydrogens is 346 g/mol. The van der Waals surface area contributed by atoms with Crippen LogP contribution in [0.4, 0.5) is 0 Å². The number of oxazole rings is 1. The highest BCUT2D eigenvalue weighted by Gasteiger charge is 2.38. The first-order valence-electron chi connectivity index (χ1n) is 7.91. The summed E-state index contributed by atoms with van der Waals surface area (Å²) in [6, 6.07) is 7.59. The number of nitriles is 1. The van der Waals surface area contributed by atoms with Gasteiger partial charge in [-0.05, 0) is 31.0 Å². The summed E-state index contributed by atoms with van der Waals surface area (Å²) in [5.41, 5.74) is 0.653. The van der Waals surface area contributed by atoms with Crippen molar-refractivity contribution >= 4 is 40.4 Å². The second-order valence-electron chi connectivity index (χ2n) is 6.04. The van der Waals surface area contributed by atoms with Crippen molar-refractivity contribution < 1.29 is 9.21 Å². The summed E-state index contributed by atoms with van der Waals surface area (Å²) < 4.78 is 5.61. The molecule has 0 N–H and O–H groups in total. The first kappa shape index (κ1) is 17.1. The van der Waals surface area contributed by atoms with Crippen LogP contribution in [0, 0.1) is 11.3 Å². The fraction of sp³-hybridized carbons (Fsp3) is 0.471. The Morgan fingerprint density at radius 2 is 2.21 bits per heavy atom. The van der Waals surface area contributed by atoms with Gasteiger partial charge in [0.15, 0.2) is 5.58 Å². The summed E-state index contributed by atoms with van der Waals surface area (Å²) in [4.78, 5) is 18.5. The lowest BCUT2D eigenvalue weighted by Crippen LogP contribution is -2.50. The van der Waals surface area contributed by atoms with Gasteiger partial charge in [0.25, 0.3) is 5.22 Å². The van der Waals surface area contributed by atoms with Crippen LogP contribution in [-0.4, -0.2) is 34.1 Å². The molecule has 126 valence electrons. The van der Waals surface area contributed by atoms with Crippen LogP contribution in [0.15, 0.2) is 27.8 Å². The summed E-state index contributed by atoms with van der Waals surface area (Å²) in [6.07, 6.45) is 4.61. The Labute approximate surface area is 150 Å². The number of amides is 1. The number of halogens is 1. The fourth-order valence-corrected chi connectivity index (χ4v) is 3.98. The average Bonchev–Trinajstić information content (AvgIpc) is 3.01. The van der Waals surface area contributed by atoms with Crippen molar-refractivity contribution in [2.24, 2.45) is 0 Å². The van der Waals surface area contributed by atoms with Crippen molar-refractivity contribution in [2.45, 2.75) is 42.9 Å². The SMILES string of the molecule is CN(C(=O)CSc1nc2cc(Cl)ccc2o1)C1(C#N)CCCCC1. The zero-order valence-electron chi connectivity index (χ0n) is 13.4. The van der Waals surface area contributed by atoms with E-state index in [0.717, 1.165) is 32.1 Å². The highest BCUT2D eigenvalue weighted by molar-refractivity contribution is 7.99. The molecule has 1 aromatic heterocycles. The van der Waals surface area contributed by atoms with Gasteiger partial charge in [0.2, 0.25) is 5.91 Å². The normalized spacial score (nSPS) is 16.7. The highest BCUT2D eigenvalue weighted by atomic mass is 35.5. The van der Waals surface area contributed by atoms with E-state index >= 15 is 0 Å². The van der Waals surface area contributed by atoms with Gasteiger partial charge in [0.1, 0.15) is 11.1 Å². The summed E-state index contributed by atoms with van der Waals surface area (Å²) in [5, 5.41) is 10.6. The maximum absolute atomic E-state index is 12.5. The Morgan fingerprint density at radius 3 is 2.92 bits per heavy atom. The number of hydrogen-bond donors (Lipinski definition) is 0. The number of rotatable bonds is 4. The predicted molar refractivity (Wildman–Crippen MR) is 93.9 cm³/mol. The molecule has 0 spiro atoms. The molecule has 5 nitrogen and oxygen atoms in total. The van der Waals surface area contributed by atoms with E-state index in [1.54, 1.807) is 30.1 Å². The monoisotopic (exact) mass is 363 g/mol. The van der Waals surface area contributed by atoms with Crippen LogP contribution in [0.5, 0.6) is 0 Å². The molecule has 24 heavy (non-hydrogen) atoms. The fourth-order valence-electron chi connectivity index (χ4n) is 3.06. The smallest absolute Gasteiger partial charge is 0.257 e. The van der Waals surface area contributed by atoms with Gasteiger partial charge in [0, 0.05) is 12.1 Å². The lowest BCUT2D eigenvalue weighted by Gasteiger charge is -2.38. The van der Waals surface area contributed by atoms with Gasteiger partial charge >= 0.3 is 0 Å². The van der Waals surface area contributed by atoms with Crippen molar-refractivity contribution in [3.63, 3.8) is 0 Å². The zero-order chi connectivity index (χ0) is 17.2. The number of hydrogen-bond acceptors (Lipinski definition) is 5. The minimum atomic E-state index is -0.662. The maximum atomic E-state index is 12.5. The molecule has 0 radical (unpaired) electrons. The molecule has 7 heteroatoms. The summed E-state index contributed by atoms with van der Waals surface area (Å²) in [7, 11) is 1.73. The Kier molecular flexibility index (Phi) is 5.02. The van der Waals surface area contributed by atoms with Gasteiger partial charge < -0.3 is 9.32 Å². The van der Waals surface area contributed by atoms with E-state index in [1.807, 2.05) is 0 Å². The lowest BCUT2D eigenvalue weighted by atomic mass is 9.81. The molecule has 1 aromatic carbocycles. The Hall–Kier alpha value is -1.71. The summed E-state index contributed by atoms with van der Waals surface area (Å²) in [5.74, 6) is 0.115. The number of fused-ring (bicyclic) bond motifs is 1. The molecule has 0 unspecified atom stereocenters. The van der Waals surface area contributed by atoms with Gasteiger partial charge in [-0.1, -0.05) is 42.6 Å². The molecule has 1 aliphatic rings. The molecule has 2 aromatic rings. The van der Waals surface area contributed by atoms with Crippen molar-refractivity contribution in [3.05, 3.63) is 23.2 Å². The number of benzene rings is 1. The molecule has 0 saturated heterocycles. The van der Waals surface area contributed by atoms with Crippen LogP contribution in [0.3, 0.4) is 0 Å².